The van der Waals surface area contributed by atoms with Crippen molar-refractivity contribution in [2.24, 2.45) is 0 Å². The van der Waals surface area contributed by atoms with Gasteiger partial charge < -0.3 is 14.7 Å². The van der Waals surface area contributed by atoms with Crippen molar-refractivity contribution in [3.63, 3.8) is 0 Å². The molecule has 2 rings (SSSR count). The lowest BCUT2D eigenvalue weighted by molar-refractivity contribution is 0.285. The summed E-state index contributed by atoms with van der Waals surface area (Å²) in [7, 11) is 3.65. The molecule has 0 unspecified atom stereocenters. The first-order valence-corrected chi connectivity index (χ1v) is 6.45. The SMILES string of the molecule is COc1ccccc1CN(C)c1ncc(CO)s1. The molecule has 0 aliphatic rings. The zero-order valence-corrected chi connectivity index (χ0v) is 11.3. The fourth-order valence-corrected chi connectivity index (χ4v) is 2.43. The summed E-state index contributed by atoms with van der Waals surface area (Å²) in [6.45, 7) is 0.766. The maximum atomic E-state index is 9.04. The van der Waals surface area contributed by atoms with Crippen LogP contribution in [0.4, 0.5) is 5.13 Å². The standard InChI is InChI=1S/C13H16N2O2S/c1-15(13-14-7-11(9-16)18-13)8-10-5-3-4-6-12(10)17-2/h3-7,16H,8-9H2,1-2H3. The first kappa shape index (κ1) is 12.9. The number of aliphatic hydroxyl groups excluding tert-OH is 1. The molecule has 0 amide bonds. The summed E-state index contributed by atoms with van der Waals surface area (Å²) in [5.41, 5.74) is 1.11. The molecule has 0 atom stereocenters. The van der Waals surface area contributed by atoms with E-state index < -0.39 is 0 Å². The number of rotatable bonds is 5. The van der Waals surface area contributed by atoms with Crippen LogP contribution in [-0.4, -0.2) is 24.2 Å². The molecule has 1 heterocycles. The second kappa shape index (κ2) is 5.84. The molecule has 0 saturated heterocycles. The molecular weight excluding hydrogens is 248 g/mol. The zero-order chi connectivity index (χ0) is 13.0. The molecule has 0 fully saturated rings. The van der Waals surface area contributed by atoms with Crippen molar-refractivity contribution in [1.82, 2.24) is 4.98 Å². The molecule has 0 bridgehead atoms. The molecule has 1 aromatic carbocycles. The van der Waals surface area contributed by atoms with Crippen LogP contribution in [0.1, 0.15) is 10.4 Å². The first-order chi connectivity index (χ1) is 8.74. The van der Waals surface area contributed by atoms with Crippen LogP contribution in [0.5, 0.6) is 5.75 Å². The third-order valence-corrected chi connectivity index (χ3v) is 3.72. The van der Waals surface area contributed by atoms with Gasteiger partial charge in [-0.25, -0.2) is 4.98 Å². The van der Waals surface area contributed by atoms with Gasteiger partial charge >= 0.3 is 0 Å². The van der Waals surface area contributed by atoms with Crippen molar-refractivity contribution in [1.29, 1.82) is 0 Å². The van der Waals surface area contributed by atoms with Crippen molar-refractivity contribution < 1.29 is 9.84 Å². The van der Waals surface area contributed by atoms with Gasteiger partial charge in [0, 0.05) is 25.4 Å². The number of aromatic nitrogens is 1. The van der Waals surface area contributed by atoms with E-state index in [-0.39, 0.29) is 6.61 Å². The Morgan fingerprint density at radius 2 is 2.17 bits per heavy atom. The molecule has 0 spiro atoms. The molecular formula is C13H16N2O2S. The van der Waals surface area contributed by atoms with E-state index in [1.54, 1.807) is 13.3 Å². The summed E-state index contributed by atoms with van der Waals surface area (Å²) in [4.78, 5) is 7.20. The van der Waals surface area contributed by atoms with E-state index in [1.807, 2.05) is 36.2 Å². The van der Waals surface area contributed by atoms with Crippen LogP contribution in [0.15, 0.2) is 30.5 Å². The van der Waals surface area contributed by atoms with Crippen LogP contribution < -0.4 is 9.64 Å². The molecule has 4 nitrogen and oxygen atoms in total. The Bertz CT molecular complexity index is 513. The minimum Gasteiger partial charge on any atom is -0.496 e. The molecule has 0 aliphatic carbocycles. The van der Waals surface area contributed by atoms with Crippen molar-refractivity contribution in [3.05, 3.63) is 40.9 Å². The molecule has 2 aromatic rings. The highest BCUT2D eigenvalue weighted by molar-refractivity contribution is 7.15. The van der Waals surface area contributed by atoms with Crippen LogP contribution in [-0.2, 0) is 13.2 Å². The van der Waals surface area contributed by atoms with Gasteiger partial charge in [0.05, 0.1) is 18.6 Å². The van der Waals surface area contributed by atoms with Gasteiger partial charge in [0.25, 0.3) is 0 Å². The number of thiazole rings is 1. The topological polar surface area (TPSA) is 45.6 Å². The highest BCUT2D eigenvalue weighted by atomic mass is 32.1. The van der Waals surface area contributed by atoms with Crippen LogP contribution in [0.3, 0.4) is 0 Å². The summed E-state index contributed by atoms with van der Waals surface area (Å²) >= 11 is 1.50. The van der Waals surface area contributed by atoms with Gasteiger partial charge in [0.1, 0.15) is 5.75 Å². The second-order valence-electron chi connectivity index (χ2n) is 3.94. The fourth-order valence-electron chi connectivity index (χ4n) is 1.70. The van der Waals surface area contributed by atoms with E-state index in [2.05, 4.69) is 4.98 Å². The van der Waals surface area contributed by atoms with Crippen molar-refractivity contribution >= 4 is 16.5 Å². The predicted octanol–water partition coefficient (Wildman–Crippen LogP) is 2.28. The van der Waals surface area contributed by atoms with Gasteiger partial charge in [-0.05, 0) is 6.07 Å². The monoisotopic (exact) mass is 264 g/mol. The van der Waals surface area contributed by atoms with Crippen molar-refractivity contribution in [2.45, 2.75) is 13.2 Å². The second-order valence-corrected chi connectivity index (χ2v) is 5.03. The largest absolute Gasteiger partial charge is 0.496 e. The molecule has 1 aromatic heterocycles. The Morgan fingerprint density at radius 1 is 1.39 bits per heavy atom. The molecule has 0 aliphatic heterocycles. The van der Waals surface area contributed by atoms with E-state index in [0.29, 0.717) is 0 Å². The first-order valence-electron chi connectivity index (χ1n) is 5.63. The van der Waals surface area contributed by atoms with Gasteiger partial charge in [-0.15, -0.1) is 0 Å². The summed E-state index contributed by atoms with van der Waals surface area (Å²) < 4.78 is 5.32. The third-order valence-electron chi connectivity index (χ3n) is 2.62. The fraction of sp³-hybridized carbons (Fsp3) is 0.308. The third kappa shape index (κ3) is 2.80. The van der Waals surface area contributed by atoms with Crippen LogP contribution in [0.25, 0.3) is 0 Å². The number of benzene rings is 1. The summed E-state index contributed by atoms with van der Waals surface area (Å²) in [6.07, 6.45) is 1.71. The van der Waals surface area contributed by atoms with E-state index in [1.165, 1.54) is 11.3 Å². The van der Waals surface area contributed by atoms with Gasteiger partial charge in [0.15, 0.2) is 5.13 Å². The van der Waals surface area contributed by atoms with E-state index in [4.69, 9.17) is 9.84 Å². The number of anilines is 1. The van der Waals surface area contributed by atoms with Gasteiger partial charge in [0.2, 0.25) is 0 Å². The van der Waals surface area contributed by atoms with Crippen LogP contribution in [0.2, 0.25) is 0 Å². The summed E-state index contributed by atoms with van der Waals surface area (Å²) in [6, 6.07) is 7.93. The Morgan fingerprint density at radius 3 is 2.83 bits per heavy atom. The molecule has 0 saturated carbocycles. The predicted molar refractivity (Wildman–Crippen MR) is 73.1 cm³/mol. The number of aliphatic hydroxyl groups is 1. The quantitative estimate of drug-likeness (QED) is 0.900. The smallest absolute Gasteiger partial charge is 0.185 e. The summed E-state index contributed by atoms with van der Waals surface area (Å²) in [5, 5.41) is 9.93. The normalized spacial score (nSPS) is 10.4. The van der Waals surface area contributed by atoms with Crippen LogP contribution >= 0.6 is 11.3 Å². The van der Waals surface area contributed by atoms with E-state index in [0.717, 1.165) is 27.9 Å². The van der Waals surface area contributed by atoms with Gasteiger partial charge in [-0.2, -0.15) is 0 Å². The molecule has 0 radical (unpaired) electrons. The van der Waals surface area contributed by atoms with Crippen LogP contribution in [0, 0.1) is 0 Å². The Hall–Kier alpha value is -1.59. The lowest BCUT2D eigenvalue weighted by Crippen LogP contribution is -2.16. The van der Waals surface area contributed by atoms with Crippen molar-refractivity contribution in [2.75, 3.05) is 19.1 Å². The highest BCUT2D eigenvalue weighted by Gasteiger charge is 2.09. The van der Waals surface area contributed by atoms with Gasteiger partial charge in [-0.3, -0.25) is 0 Å². The van der Waals surface area contributed by atoms with E-state index in [9.17, 15) is 0 Å². The maximum Gasteiger partial charge on any atom is 0.185 e. The number of hydrogen-bond acceptors (Lipinski definition) is 5. The number of nitrogens with zero attached hydrogens (tertiary/aromatic N) is 2. The van der Waals surface area contributed by atoms with E-state index >= 15 is 0 Å². The van der Waals surface area contributed by atoms with Crippen molar-refractivity contribution in [3.8, 4) is 5.75 Å². The molecule has 1 N–H and O–H groups in total. The average Bonchev–Trinajstić information content (AvgIpc) is 2.88. The zero-order valence-electron chi connectivity index (χ0n) is 10.5. The minimum atomic E-state index is 0.0418. The Balaban J connectivity index is 2.13. The number of methoxy groups -OCH3 is 1. The number of hydrogen-bond donors (Lipinski definition) is 1. The Kier molecular flexibility index (Phi) is 4.17. The Labute approximate surface area is 110 Å². The molecule has 5 heteroatoms. The minimum absolute atomic E-state index is 0.0418. The van der Waals surface area contributed by atoms with Gasteiger partial charge in [-0.1, -0.05) is 29.5 Å². The number of ether oxygens (including phenoxy) is 1. The molecule has 96 valence electrons. The molecule has 18 heavy (non-hydrogen) atoms. The lowest BCUT2D eigenvalue weighted by atomic mass is 10.2. The number of para-hydroxylation sites is 1. The maximum absolute atomic E-state index is 9.04. The lowest BCUT2D eigenvalue weighted by Gasteiger charge is -2.17. The average molecular weight is 264 g/mol. The summed E-state index contributed by atoms with van der Waals surface area (Å²) in [5.74, 6) is 0.878. The highest BCUT2D eigenvalue weighted by Crippen LogP contribution is 2.25.